The van der Waals surface area contributed by atoms with Crippen molar-refractivity contribution in [2.45, 2.75) is 84.2 Å². The summed E-state index contributed by atoms with van der Waals surface area (Å²) in [5.74, 6) is -0.797. The molecule has 0 aromatic heterocycles. The van der Waals surface area contributed by atoms with Gasteiger partial charge in [-0.2, -0.15) is 0 Å². The highest BCUT2D eigenvalue weighted by Crippen LogP contribution is 2.11. The molecule has 0 radical (unpaired) electrons. The number of nitrogens with two attached hydrogens (primary N) is 1. The topological polar surface area (TPSA) is 66.6 Å². The predicted octanol–water partition coefficient (Wildman–Crippen LogP) is 4.02. The number of carboxylic acids is 1. The van der Waals surface area contributed by atoms with E-state index < -0.39 is 5.97 Å². The number of hydrogen-bond acceptors (Lipinski definition) is 3. The molecule has 0 heterocycles. The van der Waals surface area contributed by atoms with Crippen molar-refractivity contribution in [2.75, 3.05) is 13.1 Å². The first kappa shape index (κ1) is 23.0. The maximum Gasteiger partial charge on any atom is 0.317 e. The Kier molecular flexibility index (Phi) is 17.6. The van der Waals surface area contributed by atoms with Crippen LogP contribution in [0.2, 0.25) is 0 Å². The third-order valence-corrected chi connectivity index (χ3v) is 3.71. The fraction of sp³-hybridized carbons (Fsp3) is 0.938. The van der Waals surface area contributed by atoms with Crippen LogP contribution in [0.4, 0.5) is 0 Å². The zero-order valence-corrected chi connectivity index (χ0v) is 14.7. The second-order valence-electron chi connectivity index (χ2n) is 5.79. The van der Waals surface area contributed by atoms with Gasteiger partial charge in [-0.3, -0.25) is 9.69 Å². The van der Waals surface area contributed by atoms with Gasteiger partial charge in [0.1, 0.15) is 0 Å². The summed E-state index contributed by atoms with van der Waals surface area (Å²) in [7, 11) is 0. The minimum absolute atomic E-state index is 0. The van der Waals surface area contributed by atoms with Crippen molar-refractivity contribution in [3.05, 3.63) is 0 Å². The van der Waals surface area contributed by atoms with Gasteiger partial charge >= 0.3 is 5.97 Å². The minimum Gasteiger partial charge on any atom is -0.480 e. The van der Waals surface area contributed by atoms with E-state index in [1.165, 1.54) is 57.8 Å². The quantitative estimate of drug-likeness (QED) is 0.374. The first-order chi connectivity index (χ1) is 9.57. The molecule has 0 aliphatic heterocycles. The lowest BCUT2D eigenvalue weighted by Crippen LogP contribution is -2.43. The average Bonchev–Trinajstić information content (AvgIpc) is 2.39. The lowest BCUT2D eigenvalue weighted by atomic mass is 10.1. The largest absolute Gasteiger partial charge is 0.480 e. The lowest BCUT2D eigenvalue weighted by molar-refractivity contribution is -0.138. The molecule has 4 nitrogen and oxygen atoms in total. The lowest BCUT2D eigenvalue weighted by Gasteiger charge is -2.24. The van der Waals surface area contributed by atoms with E-state index in [0.29, 0.717) is 0 Å². The molecule has 1 atom stereocenters. The molecule has 0 fully saturated rings. The smallest absolute Gasteiger partial charge is 0.317 e. The van der Waals surface area contributed by atoms with Crippen LogP contribution in [0.5, 0.6) is 0 Å². The van der Waals surface area contributed by atoms with Crippen LogP contribution < -0.4 is 5.73 Å². The molecule has 0 spiro atoms. The standard InChI is InChI=1S/C16H34N2O2.ClH/c1-3-4-5-6-7-8-9-10-11-12-13-18(15(2)17)14-16(19)20;/h15H,3-14,17H2,1-2H3,(H,19,20);1H. The Morgan fingerprint density at radius 2 is 1.43 bits per heavy atom. The molecule has 0 amide bonds. The van der Waals surface area contributed by atoms with Gasteiger partial charge in [0.25, 0.3) is 0 Å². The van der Waals surface area contributed by atoms with Crippen LogP contribution in [0.15, 0.2) is 0 Å². The minimum atomic E-state index is -0.797. The normalized spacial score (nSPS) is 12.2. The molecule has 0 aromatic carbocycles. The molecule has 0 aliphatic rings. The number of halogens is 1. The summed E-state index contributed by atoms with van der Waals surface area (Å²) in [6.45, 7) is 4.94. The second kappa shape index (κ2) is 16.1. The fourth-order valence-corrected chi connectivity index (χ4v) is 2.40. The predicted molar refractivity (Wildman–Crippen MR) is 92.0 cm³/mol. The van der Waals surface area contributed by atoms with Gasteiger partial charge in [-0.25, -0.2) is 0 Å². The molecule has 0 aliphatic carbocycles. The number of carboxylic acid groups (broad SMARTS) is 1. The summed E-state index contributed by atoms with van der Waals surface area (Å²) < 4.78 is 0. The highest BCUT2D eigenvalue weighted by molar-refractivity contribution is 5.85. The van der Waals surface area contributed by atoms with E-state index in [0.717, 1.165) is 13.0 Å². The number of carbonyl (C=O) groups is 1. The van der Waals surface area contributed by atoms with Crippen LogP contribution in [0.1, 0.15) is 78.1 Å². The molecule has 0 saturated carbocycles. The van der Waals surface area contributed by atoms with Crippen molar-refractivity contribution >= 4 is 18.4 Å². The Balaban J connectivity index is 0. The van der Waals surface area contributed by atoms with E-state index in [9.17, 15) is 4.79 Å². The summed E-state index contributed by atoms with van der Waals surface area (Å²) >= 11 is 0. The van der Waals surface area contributed by atoms with Gasteiger partial charge in [-0.15, -0.1) is 12.4 Å². The van der Waals surface area contributed by atoms with E-state index in [1.807, 2.05) is 11.8 Å². The van der Waals surface area contributed by atoms with E-state index >= 15 is 0 Å². The Morgan fingerprint density at radius 3 is 1.81 bits per heavy atom. The number of aliphatic carboxylic acids is 1. The zero-order valence-electron chi connectivity index (χ0n) is 13.9. The number of rotatable bonds is 14. The van der Waals surface area contributed by atoms with Gasteiger partial charge in [-0.05, 0) is 13.3 Å². The molecule has 21 heavy (non-hydrogen) atoms. The average molecular weight is 323 g/mol. The van der Waals surface area contributed by atoms with E-state index in [-0.39, 0.29) is 25.1 Å². The van der Waals surface area contributed by atoms with Crippen molar-refractivity contribution in [1.29, 1.82) is 0 Å². The maximum absolute atomic E-state index is 10.7. The molecule has 0 aromatic rings. The molecule has 5 heteroatoms. The van der Waals surface area contributed by atoms with Gasteiger partial charge in [-0.1, -0.05) is 64.7 Å². The Morgan fingerprint density at radius 1 is 1.00 bits per heavy atom. The molecule has 3 N–H and O–H groups in total. The number of hydrogen-bond donors (Lipinski definition) is 2. The Labute approximate surface area is 136 Å². The first-order valence-electron chi connectivity index (χ1n) is 8.29. The second-order valence-corrected chi connectivity index (χ2v) is 5.79. The van der Waals surface area contributed by atoms with Crippen molar-refractivity contribution in [1.82, 2.24) is 4.90 Å². The third-order valence-electron chi connectivity index (χ3n) is 3.71. The van der Waals surface area contributed by atoms with Gasteiger partial charge < -0.3 is 10.8 Å². The van der Waals surface area contributed by atoms with Gasteiger partial charge in [0, 0.05) is 6.54 Å². The van der Waals surface area contributed by atoms with Crippen LogP contribution in [0.3, 0.4) is 0 Å². The highest BCUT2D eigenvalue weighted by atomic mass is 35.5. The number of nitrogens with zero attached hydrogens (tertiary/aromatic N) is 1. The first-order valence-corrected chi connectivity index (χ1v) is 8.29. The van der Waals surface area contributed by atoms with Crippen molar-refractivity contribution in [3.63, 3.8) is 0 Å². The van der Waals surface area contributed by atoms with Crippen LogP contribution >= 0.6 is 12.4 Å². The van der Waals surface area contributed by atoms with E-state index in [1.54, 1.807) is 0 Å². The molecule has 0 saturated heterocycles. The third kappa shape index (κ3) is 15.9. The molecule has 0 rings (SSSR count). The van der Waals surface area contributed by atoms with Crippen LogP contribution in [0.25, 0.3) is 0 Å². The van der Waals surface area contributed by atoms with Crippen molar-refractivity contribution in [2.24, 2.45) is 5.73 Å². The zero-order chi connectivity index (χ0) is 15.2. The van der Waals surface area contributed by atoms with Gasteiger partial charge in [0.2, 0.25) is 0 Å². The van der Waals surface area contributed by atoms with E-state index in [2.05, 4.69) is 6.92 Å². The molecule has 128 valence electrons. The summed E-state index contributed by atoms with van der Waals surface area (Å²) in [6, 6.07) is 0. The SMILES string of the molecule is CCCCCCCCCCCCN(CC(=O)O)C(C)N.Cl. The molecular weight excluding hydrogens is 288 g/mol. The molecule has 0 bridgehead atoms. The maximum atomic E-state index is 10.7. The summed E-state index contributed by atoms with van der Waals surface area (Å²) in [6.07, 6.45) is 12.8. The van der Waals surface area contributed by atoms with Crippen LogP contribution in [-0.4, -0.2) is 35.2 Å². The Bertz CT molecular complexity index is 238. The van der Waals surface area contributed by atoms with Crippen molar-refractivity contribution < 1.29 is 9.90 Å². The van der Waals surface area contributed by atoms with Crippen molar-refractivity contribution in [3.8, 4) is 0 Å². The monoisotopic (exact) mass is 322 g/mol. The van der Waals surface area contributed by atoms with Gasteiger partial charge in [0.15, 0.2) is 0 Å². The van der Waals surface area contributed by atoms with E-state index in [4.69, 9.17) is 10.8 Å². The summed E-state index contributed by atoms with van der Waals surface area (Å²) in [5, 5.41) is 8.80. The Hall–Kier alpha value is -0.320. The van der Waals surface area contributed by atoms with Gasteiger partial charge in [0.05, 0.1) is 12.7 Å². The molecule has 1 unspecified atom stereocenters. The van der Waals surface area contributed by atoms with Crippen LogP contribution in [-0.2, 0) is 4.79 Å². The van der Waals surface area contributed by atoms with Crippen LogP contribution in [0, 0.1) is 0 Å². The summed E-state index contributed by atoms with van der Waals surface area (Å²) in [4.78, 5) is 12.5. The number of unbranched alkanes of at least 4 members (excludes halogenated alkanes) is 9. The molecular formula is C16H35ClN2O2. The summed E-state index contributed by atoms with van der Waals surface area (Å²) in [5.41, 5.74) is 5.77. The highest BCUT2D eigenvalue weighted by Gasteiger charge is 2.12. The fourth-order valence-electron chi connectivity index (χ4n) is 2.40.